The van der Waals surface area contributed by atoms with Gasteiger partial charge in [0.1, 0.15) is 0 Å². The van der Waals surface area contributed by atoms with E-state index < -0.39 is 12.3 Å². The van der Waals surface area contributed by atoms with Gasteiger partial charge in [-0.05, 0) is 32.1 Å². The molecular weight excluding hydrogens is 176 g/mol. The van der Waals surface area contributed by atoms with Crippen LogP contribution < -0.4 is 0 Å². The van der Waals surface area contributed by atoms with E-state index in [-0.39, 0.29) is 12.1 Å². The van der Waals surface area contributed by atoms with E-state index in [4.69, 9.17) is 0 Å². The highest BCUT2D eigenvalue weighted by atomic mass is 19.3. The summed E-state index contributed by atoms with van der Waals surface area (Å²) in [6.07, 6.45) is 1.93. The molecule has 13 heavy (non-hydrogen) atoms. The molecule has 2 saturated heterocycles. The van der Waals surface area contributed by atoms with Crippen LogP contribution in [0.15, 0.2) is 0 Å². The molecule has 0 N–H and O–H groups in total. The van der Waals surface area contributed by atoms with Crippen molar-refractivity contribution in [1.29, 1.82) is 0 Å². The van der Waals surface area contributed by atoms with Crippen LogP contribution >= 0.6 is 0 Å². The van der Waals surface area contributed by atoms with Gasteiger partial charge in [0.05, 0.1) is 0 Å². The molecule has 0 aromatic heterocycles. The Labute approximate surface area is 75.9 Å². The van der Waals surface area contributed by atoms with Crippen molar-refractivity contribution in [2.45, 2.75) is 50.6 Å². The second-order valence-corrected chi connectivity index (χ2v) is 3.86. The highest BCUT2D eigenvalue weighted by Gasteiger charge is 2.41. The number of rotatable bonds is 1. The minimum absolute atomic E-state index is 0.111. The number of carbonyl (C=O) groups excluding carboxylic acids is 1. The summed E-state index contributed by atoms with van der Waals surface area (Å²) in [5.74, 6) is -0.952. The highest BCUT2D eigenvalue weighted by Crippen LogP contribution is 2.36. The lowest BCUT2D eigenvalue weighted by atomic mass is 10.0. The van der Waals surface area contributed by atoms with Crippen LogP contribution in [0.2, 0.25) is 0 Å². The molecule has 0 saturated carbocycles. The summed E-state index contributed by atoms with van der Waals surface area (Å²) in [6, 6.07) is 0.223. The first-order chi connectivity index (χ1) is 6.20. The van der Waals surface area contributed by atoms with Crippen molar-refractivity contribution >= 4 is 5.91 Å². The van der Waals surface area contributed by atoms with Crippen LogP contribution in [0, 0.1) is 0 Å². The van der Waals surface area contributed by atoms with E-state index in [1.165, 1.54) is 4.90 Å². The van der Waals surface area contributed by atoms with Crippen LogP contribution in [-0.2, 0) is 4.79 Å². The van der Waals surface area contributed by atoms with E-state index in [0.29, 0.717) is 0 Å². The number of carbonyl (C=O) groups is 1. The molecule has 74 valence electrons. The lowest BCUT2D eigenvalue weighted by Crippen LogP contribution is -2.46. The number of fused-ring (bicyclic) bond motifs is 2. The van der Waals surface area contributed by atoms with Gasteiger partial charge in [-0.25, -0.2) is 0 Å². The Morgan fingerprint density at radius 3 is 2.15 bits per heavy atom. The summed E-state index contributed by atoms with van der Waals surface area (Å²) in [5.41, 5.74) is 0. The third-order valence-corrected chi connectivity index (χ3v) is 3.14. The molecule has 2 fully saturated rings. The van der Waals surface area contributed by atoms with Crippen molar-refractivity contribution in [1.82, 2.24) is 4.90 Å². The maximum Gasteiger partial charge on any atom is 0.315 e. The van der Waals surface area contributed by atoms with E-state index in [0.717, 1.165) is 32.1 Å². The first kappa shape index (κ1) is 8.91. The highest BCUT2D eigenvalue weighted by molar-refractivity contribution is 5.80. The van der Waals surface area contributed by atoms with Gasteiger partial charge in [-0.2, -0.15) is 8.78 Å². The Bertz CT molecular complexity index is 204. The zero-order valence-electron chi connectivity index (χ0n) is 7.38. The van der Waals surface area contributed by atoms with Gasteiger partial charge in [0.15, 0.2) is 0 Å². The Balaban J connectivity index is 2.10. The lowest BCUT2D eigenvalue weighted by molar-refractivity contribution is -0.147. The first-order valence-electron chi connectivity index (χ1n) is 4.80. The maximum atomic E-state index is 12.2. The van der Waals surface area contributed by atoms with E-state index >= 15 is 0 Å². The summed E-state index contributed by atoms with van der Waals surface area (Å²) in [7, 11) is 0. The van der Waals surface area contributed by atoms with E-state index in [9.17, 15) is 13.6 Å². The van der Waals surface area contributed by atoms with Gasteiger partial charge >= 0.3 is 6.43 Å². The van der Waals surface area contributed by atoms with Crippen LogP contribution in [0.3, 0.4) is 0 Å². The number of hydrogen-bond donors (Lipinski definition) is 0. The third kappa shape index (κ3) is 1.42. The van der Waals surface area contributed by atoms with E-state index in [1.807, 2.05) is 0 Å². The number of halogens is 2. The van der Waals surface area contributed by atoms with Gasteiger partial charge in [-0.1, -0.05) is 0 Å². The van der Waals surface area contributed by atoms with Crippen molar-refractivity contribution in [2.75, 3.05) is 0 Å². The molecule has 2 aliphatic rings. The SMILES string of the molecule is O=C(C(F)F)N1C2CCCC1CC2. The topological polar surface area (TPSA) is 20.3 Å². The summed E-state index contributed by atoms with van der Waals surface area (Å²) in [5, 5.41) is 0. The molecule has 1 amide bonds. The molecule has 0 spiro atoms. The first-order valence-corrected chi connectivity index (χ1v) is 4.80. The van der Waals surface area contributed by atoms with Gasteiger partial charge in [-0.15, -0.1) is 0 Å². The number of alkyl halides is 2. The Morgan fingerprint density at radius 1 is 1.15 bits per heavy atom. The van der Waals surface area contributed by atoms with Crippen LogP contribution in [0.1, 0.15) is 32.1 Å². The van der Waals surface area contributed by atoms with Gasteiger partial charge < -0.3 is 4.90 Å². The Hall–Kier alpha value is -0.670. The molecule has 4 heteroatoms. The fraction of sp³-hybridized carbons (Fsp3) is 0.889. The molecule has 2 atom stereocenters. The minimum atomic E-state index is -2.82. The van der Waals surface area contributed by atoms with Crippen molar-refractivity contribution in [2.24, 2.45) is 0 Å². The molecule has 2 aliphatic heterocycles. The lowest BCUT2D eigenvalue weighted by Gasteiger charge is -2.34. The quantitative estimate of drug-likeness (QED) is 0.616. The largest absolute Gasteiger partial charge is 0.332 e. The molecule has 2 nitrogen and oxygen atoms in total. The van der Waals surface area contributed by atoms with Crippen molar-refractivity contribution < 1.29 is 13.6 Å². The molecule has 2 unspecified atom stereocenters. The molecule has 0 radical (unpaired) electrons. The van der Waals surface area contributed by atoms with Gasteiger partial charge in [0.2, 0.25) is 0 Å². The summed E-state index contributed by atoms with van der Waals surface area (Å²) >= 11 is 0. The van der Waals surface area contributed by atoms with Crippen molar-refractivity contribution in [3.63, 3.8) is 0 Å². The number of piperidine rings is 1. The van der Waals surface area contributed by atoms with E-state index in [2.05, 4.69) is 0 Å². The molecule has 0 aromatic rings. The van der Waals surface area contributed by atoms with Crippen LogP contribution in [0.5, 0.6) is 0 Å². The average molecular weight is 189 g/mol. The zero-order chi connectivity index (χ0) is 9.42. The van der Waals surface area contributed by atoms with E-state index in [1.54, 1.807) is 0 Å². The van der Waals surface area contributed by atoms with Crippen molar-refractivity contribution in [3.8, 4) is 0 Å². The summed E-state index contributed by atoms with van der Waals surface area (Å²) < 4.78 is 24.4. The Morgan fingerprint density at radius 2 is 1.69 bits per heavy atom. The minimum Gasteiger partial charge on any atom is -0.332 e. The fourth-order valence-corrected chi connectivity index (χ4v) is 2.59. The van der Waals surface area contributed by atoms with Crippen molar-refractivity contribution in [3.05, 3.63) is 0 Å². The molecule has 0 aliphatic carbocycles. The molecule has 0 aromatic carbocycles. The van der Waals surface area contributed by atoms with Gasteiger partial charge in [0.25, 0.3) is 5.91 Å². The Kier molecular flexibility index (Phi) is 2.22. The zero-order valence-corrected chi connectivity index (χ0v) is 7.38. The van der Waals surface area contributed by atoms with Gasteiger partial charge in [0, 0.05) is 12.1 Å². The monoisotopic (exact) mass is 189 g/mol. The number of amides is 1. The molecular formula is C9H13F2NO. The second-order valence-electron chi connectivity index (χ2n) is 3.86. The molecule has 2 bridgehead atoms. The smallest absolute Gasteiger partial charge is 0.315 e. The summed E-state index contributed by atoms with van der Waals surface area (Å²) in [4.78, 5) is 12.6. The standard InChI is InChI=1S/C9H13F2NO/c10-8(11)9(13)12-6-2-1-3-7(12)5-4-6/h6-8H,1-5H2. The predicted octanol–water partition coefficient (Wildman–Crippen LogP) is 1.79. The summed E-state index contributed by atoms with van der Waals surface area (Å²) in [6.45, 7) is 0. The average Bonchev–Trinajstić information content (AvgIpc) is 2.34. The van der Waals surface area contributed by atoms with Crippen LogP contribution in [-0.4, -0.2) is 29.3 Å². The molecule has 2 rings (SSSR count). The second kappa shape index (κ2) is 3.24. The maximum absolute atomic E-state index is 12.2. The van der Waals surface area contributed by atoms with Crippen LogP contribution in [0.25, 0.3) is 0 Å². The number of hydrogen-bond acceptors (Lipinski definition) is 1. The number of nitrogens with zero attached hydrogens (tertiary/aromatic N) is 1. The third-order valence-electron chi connectivity index (χ3n) is 3.14. The van der Waals surface area contributed by atoms with Crippen LogP contribution in [0.4, 0.5) is 8.78 Å². The van der Waals surface area contributed by atoms with Gasteiger partial charge in [-0.3, -0.25) is 4.79 Å². The normalized spacial score (nSPS) is 32.7. The fourth-order valence-electron chi connectivity index (χ4n) is 2.59. The molecule has 2 heterocycles. The predicted molar refractivity (Wildman–Crippen MR) is 43.5 cm³/mol.